The van der Waals surface area contributed by atoms with Crippen molar-refractivity contribution in [3.8, 4) is 0 Å². The van der Waals surface area contributed by atoms with E-state index in [1.54, 1.807) is 0 Å². The first kappa shape index (κ1) is 14.0. The van der Waals surface area contributed by atoms with E-state index in [4.69, 9.17) is 16.7 Å². The third-order valence-corrected chi connectivity index (χ3v) is 3.62. The fraction of sp³-hybridized carbons (Fsp3) is 0.500. The molecule has 0 aliphatic carbocycles. The van der Waals surface area contributed by atoms with Crippen LogP contribution in [0.5, 0.6) is 0 Å². The number of rotatable bonds is 5. The van der Waals surface area contributed by atoms with Crippen molar-refractivity contribution in [2.75, 3.05) is 0 Å². The van der Waals surface area contributed by atoms with Crippen LogP contribution in [0.4, 0.5) is 0 Å². The fourth-order valence-electron chi connectivity index (χ4n) is 1.90. The van der Waals surface area contributed by atoms with E-state index in [0.717, 1.165) is 6.42 Å². The van der Waals surface area contributed by atoms with Gasteiger partial charge in [0.15, 0.2) is 0 Å². The maximum Gasteiger partial charge on any atom is 0.311 e. The molecule has 0 aliphatic rings. The molecule has 1 N–H and O–H groups in total. The highest BCUT2D eigenvalue weighted by Crippen LogP contribution is 2.31. The van der Waals surface area contributed by atoms with Crippen molar-refractivity contribution in [3.63, 3.8) is 0 Å². The lowest BCUT2D eigenvalue weighted by Crippen LogP contribution is -2.11. The summed E-state index contributed by atoms with van der Waals surface area (Å²) in [6.45, 7) is 6.12. The number of halogens is 1. The Balaban J connectivity index is 3.08. The van der Waals surface area contributed by atoms with Gasteiger partial charge in [0.2, 0.25) is 0 Å². The van der Waals surface area contributed by atoms with E-state index in [1.807, 2.05) is 25.1 Å². The van der Waals surface area contributed by atoms with Crippen LogP contribution in [0.2, 0.25) is 5.02 Å². The maximum absolute atomic E-state index is 11.1. The van der Waals surface area contributed by atoms with Crippen LogP contribution in [0, 0.1) is 0 Å². The first-order chi connectivity index (χ1) is 8.01. The summed E-state index contributed by atoms with van der Waals surface area (Å²) in [5, 5.41) is 9.68. The molecule has 0 aliphatic heterocycles. The Morgan fingerprint density at radius 3 is 2.41 bits per heavy atom. The molecular weight excluding hydrogens is 236 g/mol. The van der Waals surface area contributed by atoms with E-state index in [-0.39, 0.29) is 0 Å². The van der Waals surface area contributed by atoms with Crippen LogP contribution in [-0.2, 0) is 4.79 Å². The van der Waals surface area contributed by atoms with Crippen molar-refractivity contribution in [3.05, 3.63) is 34.3 Å². The van der Waals surface area contributed by atoms with Gasteiger partial charge in [-0.3, -0.25) is 4.79 Å². The molecule has 2 atom stereocenters. The van der Waals surface area contributed by atoms with E-state index < -0.39 is 11.9 Å². The predicted molar refractivity (Wildman–Crippen MR) is 70.8 cm³/mol. The lowest BCUT2D eigenvalue weighted by atomic mass is 9.92. The van der Waals surface area contributed by atoms with E-state index in [1.165, 1.54) is 5.56 Å². The van der Waals surface area contributed by atoms with Gasteiger partial charge < -0.3 is 5.11 Å². The van der Waals surface area contributed by atoms with Crippen LogP contribution in [0.3, 0.4) is 0 Å². The first-order valence-corrected chi connectivity index (χ1v) is 6.41. The van der Waals surface area contributed by atoms with E-state index >= 15 is 0 Å². The average Bonchev–Trinajstić information content (AvgIpc) is 2.30. The summed E-state index contributed by atoms with van der Waals surface area (Å²) < 4.78 is 0. The molecule has 94 valence electrons. The maximum atomic E-state index is 11.1. The van der Waals surface area contributed by atoms with Gasteiger partial charge >= 0.3 is 5.97 Å². The minimum absolute atomic E-state index is 0.450. The normalized spacial score (nSPS) is 14.4. The Hall–Kier alpha value is -1.02. The minimum Gasteiger partial charge on any atom is -0.481 e. The summed E-state index contributed by atoms with van der Waals surface area (Å²) in [5.74, 6) is -0.870. The number of aliphatic carboxylic acids is 1. The summed E-state index contributed by atoms with van der Waals surface area (Å²) in [7, 11) is 0. The second-order valence-electron chi connectivity index (χ2n) is 4.39. The molecule has 0 saturated carbocycles. The van der Waals surface area contributed by atoms with Crippen molar-refractivity contribution in [2.45, 2.75) is 45.4 Å². The topological polar surface area (TPSA) is 37.3 Å². The van der Waals surface area contributed by atoms with Crippen LogP contribution < -0.4 is 0 Å². The molecular formula is C14H19ClO2. The molecule has 1 rings (SSSR count). The van der Waals surface area contributed by atoms with Crippen molar-refractivity contribution in [2.24, 2.45) is 0 Å². The van der Waals surface area contributed by atoms with Gasteiger partial charge in [-0.25, -0.2) is 0 Å². The number of benzene rings is 1. The lowest BCUT2D eigenvalue weighted by molar-refractivity contribution is -0.138. The average molecular weight is 255 g/mol. The zero-order valence-corrected chi connectivity index (χ0v) is 11.3. The summed E-state index contributed by atoms with van der Waals surface area (Å²) in [5.41, 5.74) is 1.88. The summed E-state index contributed by atoms with van der Waals surface area (Å²) >= 11 is 6.18. The van der Waals surface area contributed by atoms with Gasteiger partial charge in [-0.05, 0) is 36.0 Å². The highest BCUT2D eigenvalue weighted by atomic mass is 35.5. The van der Waals surface area contributed by atoms with Crippen molar-refractivity contribution in [1.29, 1.82) is 0 Å². The monoisotopic (exact) mass is 254 g/mol. The highest BCUT2D eigenvalue weighted by Gasteiger charge is 2.20. The molecule has 0 fully saturated rings. The van der Waals surface area contributed by atoms with E-state index in [9.17, 15) is 4.79 Å². The molecule has 17 heavy (non-hydrogen) atoms. The minimum atomic E-state index is -0.814. The zero-order chi connectivity index (χ0) is 13.0. The SMILES string of the molecule is CCC(C)c1ccc(C(CC)C(=O)O)c(Cl)c1. The van der Waals surface area contributed by atoms with Gasteiger partial charge in [-0.2, -0.15) is 0 Å². The fourth-order valence-corrected chi connectivity index (χ4v) is 2.22. The van der Waals surface area contributed by atoms with Gasteiger partial charge in [0, 0.05) is 5.02 Å². The van der Waals surface area contributed by atoms with Crippen molar-refractivity contribution >= 4 is 17.6 Å². The molecule has 0 spiro atoms. The van der Waals surface area contributed by atoms with Crippen LogP contribution in [0.15, 0.2) is 18.2 Å². The first-order valence-electron chi connectivity index (χ1n) is 6.03. The second-order valence-corrected chi connectivity index (χ2v) is 4.80. The van der Waals surface area contributed by atoms with Crippen LogP contribution in [-0.4, -0.2) is 11.1 Å². The Kier molecular flexibility index (Phi) is 5.01. The molecule has 0 aromatic heterocycles. The molecule has 2 nitrogen and oxygen atoms in total. The molecule has 3 heteroatoms. The molecule has 0 amide bonds. The summed E-state index contributed by atoms with van der Waals surface area (Å²) in [4.78, 5) is 11.1. The van der Waals surface area contributed by atoms with Crippen LogP contribution in [0.25, 0.3) is 0 Å². The molecule has 1 aromatic rings. The Morgan fingerprint density at radius 2 is 2.00 bits per heavy atom. The molecule has 0 heterocycles. The predicted octanol–water partition coefficient (Wildman–Crippen LogP) is 4.43. The van der Waals surface area contributed by atoms with Crippen molar-refractivity contribution < 1.29 is 9.90 Å². The largest absolute Gasteiger partial charge is 0.481 e. The second kappa shape index (κ2) is 6.06. The van der Waals surface area contributed by atoms with E-state index in [0.29, 0.717) is 22.9 Å². The van der Waals surface area contributed by atoms with Gasteiger partial charge in [0.25, 0.3) is 0 Å². The lowest BCUT2D eigenvalue weighted by Gasteiger charge is -2.15. The smallest absolute Gasteiger partial charge is 0.311 e. The number of hydrogen-bond donors (Lipinski definition) is 1. The molecule has 2 unspecified atom stereocenters. The number of carboxylic acid groups (broad SMARTS) is 1. The van der Waals surface area contributed by atoms with Gasteiger partial charge in [-0.15, -0.1) is 0 Å². The number of carboxylic acids is 1. The highest BCUT2D eigenvalue weighted by molar-refractivity contribution is 6.31. The summed E-state index contributed by atoms with van der Waals surface area (Å²) in [6, 6.07) is 5.74. The van der Waals surface area contributed by atoms with Crippen molar-refractivity contribution in [1.82, 2.24) is 0 Å². The number of hydrogen-bond acceptors (Lipinski definition) is 1. The van der Waals surface area contributed by atoms with E-state index in [2.05, 4.69) is 13.8 Å². The number of carbonyl (C=O) groups is 1. The zero-order valence-electron chi connectivity index (χ0n) is 10.5. The Morgan fingerprint density at radius 1 is 1.35 bits per heavy atom. The summed E-state index contributed by atoms with van der Waals surface area (Å²) in [6.07, 6.45) is 1.60. The quantitative estimate of drug-likeness (QED) is 0.844. The molecule has 0 bridgehead atoms. The Labute approximate surface area is 108 Å². The molecule has 0 saturated heterocycles. The molecule has 0 radical (unpaired) electrons. The van der Waals surface area contributed by atoms with Gasteiger partial charge in [0.1, 0.15) is 0 Å². The van der Waals surface area contributed by atoms with Crippen LogP contribution >= 0.6 is 11.6 Å². The van der Waals surface area contributed by atoms with Gasteiger partial charge in [-0.1, -0.05) is 44.5 Å². The third kappa shape index (κ3) is 3.22. The molecule has 1 aromatic carbocycles. The van der Waals surface area contributed by atoms with Crippen LogP contribution in [0.1, 0.15) is 56.6 Å². The Bertz CT molecular complexity index is 401. The third-order valence-electron chi connectivity index (χ3n) is 3.29. The standard InChI is InChI=1S/C14H19ClO2/c1-4-9(3)10-6-7-12(13(15)8-10)11(5-2)14(16)17/h6-9,11H,4-5H2,1-3H3,(H,16,17). The van der Waals surface area contributed by atoms with Gasteiger partial charge in [0.05, 0.1) is 5.92 Å².